The van der Waals surface area contributed by atoms with Crippen LogP contribution in [0.5, 0.6) is 0 Å². The van der Waals surface area contributed by atoms with E-state index in [0.29, 0.717) is 12.0 Å². The highest BCUT2D eigenvalue weighted by atomic mass is 15.2. The summed E-state index contributed by atoms with van der Waals surface area (Å²) in [4.78, 5) is 2.48. The normalized spacial score (nSPS) is 23.0. The van der Waals surface area contributed by atoms with Crippen LogP contribution in [0.25, 0.3) is 0 Å². The average molecular weight is 277 g/mol. The summed E-state index contributed by atoms with van der Waals surface area (Å²) in [6.45, 7) is 6.90. The van der Waals surface area contributed by atoms with Crippen LogP contribution in [0.1, 0.15) is 55.0 Å². The van der Waals surface area contributed by atoms with Crippen molar-refractivity contribution in [2.75, 3.05) is 11.9 Å². The summed E-state index contributed by atoms with van der Waals surface area (Å²) in [6.07, 6.45) is 1.19. The number of hydrogen-bond acceptors (Lipinski definition) is 1. The molecule has 2 aromatic rings. The Balaban J connectivity index is 1.84. The van der Waals surface area contributed by atoms with E-state index in [0.717, 1.165) is 0 Å². The van der Waals surface area contributed by atoms with E-state index in [1.54, 1.807) is 5.56 Å². The molecule has 1 nitrogen and oxygen atoms in total. The maximum atomic E-state index is 2.48. The van der Waals surface area contributed by atoms with Gasteiger partial charge in [-0.25, -0.2) is 0 Å². The topological polar surface area (TPSA) is 3.24 Å². The van der Waals surface area contributed by atoms with Gasteiger partial charge < -0.3 is 4.90 Å². The summed E-state index contributed by atoms with van der Waals surface area (Å²) >= 11 is 0. The molecule has 21 heavy (non-hydrogen) atoms. The fourth-order valence-electron chi connectivity index (χ4n) is 4.12. The first-order valence-electron chi connectivity index (χ1n) is 7.92. The van der Waals surface area contributed by atoms with Gasteiger partial charge in [0.15, 0.2) is 0 Å². The lowest BCUT2D eigenvalue weighted by Gasteiger charge is -2.23. The zero-order valence-electron chi connectivity index (χ0n) is 13.4. The number of anilines is 1. The van der Waals surface area contributed by atoms with Gasteiger partial charge in [-0.3, -0.25) is 0 Å². The molecule has 1 aliphatic carbocycles. The SMILES string of the molecule is CN1c2ccc(C(C)(C)C)cc2C2Cc3ccccc3C21. The first-order chi connectivity index (χ1) is 9.97. The molecular formula is C20H23N. The molecule has 2 atom stereocenters. The van der Waals surface area contributed by atoms with Crippen molar-refractivity contribution in [1.82, 2.24) is 0 Å². The summed E-state index contributed by atoms with van der Waals surface area (Å²) in [7, 11) is 2.25. The van der Waals surface area contributed by atoms with Crippen molar-refractivity contribution in [3.05, 3.63) is 64.7 Å². The fourth-order valence-corrected chi connectivity index (χ4v) is 4.12. The van der Waals surface area contributed by atoms with E-state index < -0.39 is 0 Å². The minimum absolute atomic E-state index is 0.219. The maximum Gasteiger partial charge on any atom is 0.0614 e. The van der Waals surface area contributed by atoms with Gasteiger partial charge in [0.1, 0.15) is 0 Å². The Labute approximate surface area is 127 Å². The largest absolute Gasteiger partial charge is 0.367 e. The molecule has 0 spiro atoms. The molecule has 0 saturated heterocycles. The first kappa shape index (κ1) is 12.9. The second-order valence-electron chi connectivity index (χ2n) is 7.59. The number of hydrogen-bond donors (Lipinski definition) is 0. The first-order valence-corrected chi connectivity index (χ1v) is 7.92. The molecule has 1 heteroatoms. The molecule has 0 fully saturated rings. The van der Waals surface area contributed by atoms with E-state index >= 15 is 0 Å². The quantitative estimate of drug-likeness (QED) is 0.667. The van der Waals surface area contributed by atoms with Crippen LogP contribution in [0.3, 0.4) is 0 Å². The monoisotopic (exact) mass is 277 g/mol. The highest BCUT2D eigenvalue weighted by Crippen LogP contribution is 2.54. The molecule has 2 unspecified atom stereocenters. The van der Waals surface area contributed by atoms with Crippen LogP contribution in [0, 0.1) is 0 Å². The molecule has 0 saturated carbocycles. The summed E-state index contributed by atoms with van der Waals surface area (Å²) in [5.41, 5.74) is 7.70. The standard InChI is InChI=1S/C20H23N/c1-20(2,3)14-9-10-18-16(12-14)17-11-13-7-5-6-8-15(13)19(17)21(18)4/h5-10,12,17,19H,11H2,1-4H3. The van der Waals surface area contributed by atoms with Gasteiger partial charge in [0.25, 0.3) is 0 Å². The maximum absolute atomic E-state index is 2.48. The second-order valence-corrected chi connectivity index (χ2v) is 7.59. The van der Waals surface area contributed by atoms with Crippen molar-refractivity contribution in [1.29, 1.82) is 0 Å². The van der Waals surface area contributed by atoms with E-state index in [1.165, 1.54) is 28.8 Å². The molecule has 108 valence electrons. The molecule has 0 amide bonds. The number of likely N-dealkylation sites (N-methyl/N-ethyl adjacent to an activating group) is 1. The molecule has 0 aromatic heterocycles. The Morgan fingerprint density at radius 2 is 1.76 bits per heavy atom. The predicted molar refractivity (Wildman–Crippen MR) is 89.2 cm³/mol. The second kappa shape index (κ2) is 4.13. The zero-order valence-corrected chi connectivity index (χ0v) is 13.4. The molecule has 0 radical (unpaired) electrons. The Morgan fingerprint density at radius 1 is 1.00 bits per heavy atom. The summed E-state index contributed by atoms with van der Waals surface area (Å²) < 4.78 is 0. The molecule has 0 N–H and O–H groups in total. The van der Waals surface area contributed by atoms with Gasteiger partial charge in [-0.05, 0) is 40.2 Å². The third kappa shape index (κ3) is 1.76. The van der Waals surface area contributed by atoms with E-state index in [2.05, 4.69) is 75.2 Å². The van der Waals surface area contributed by atoms with Crippen molar-refractivity contribution >= 4 is 5.69 Å². The molecule has 1 heterocycles. The minimum Gasteiger partial charge on any atom is -0.367 e. The highest BCUT2D eigenvalue weighted by molar-refractivity contribution is 5.67. The van der Waals surface area contributed by atoms with Crippen LogP contribution in [0.2, 0.25) is 0 Å². The number of nitrogens with zero attached hydrogens (tertiary/aromatic N) is 1. The van der Waals surface area contributed by atoms with E-state index in [1.807, 2.05) is 0 Å². The Bertz CT molecular complexity index is 708. The van der Waals surface area contributed by atoms with Gasteiger partial charge in [-0.1, -0.05) is 57.2 Å². The van der Waals surface area contributed by atoms with Gasteiger partial charge in [0, 0.05) is 18.7 Å². The summed E-state index contributed by atoms with van der Waals surface area (Å²) in [5.74, 6) is 0.629. The van der Waals surface area contributed by atoms with Crippen LogP contribution >= 0.6 is 0 Å². The predicted octanol–water partition coefficient (Wildman–Crippen LogP) is 4.81. The Morgan fingerprint density at radius 3 is 2.52 bits per heavy atom. The minimum atomic E-state index is 0.219. The third-order valence-electron chi connectivity index (χ3n) is 5.28. The summed E-state index contributed by atoms with van der Waals surface area (Å²) in [6, 6.07) is 16.6. The third-order valence-corrected chi connectivity index (χ3v) is 5.28. The van der Waals surface area contributed by atoms with Crippen LogP contribution in [-0.4, -0.2) is 7.05 Å². The average Bonchev–Trinajstić information content (AvgIpc) is 2.95. The number of benzene rings is 2. The molecule has 0 bridgehead atoms. The molecule has 4 rings (SSSR count). The van der Waals surface area contributed by atoms with Crippen molar-refractivity contribution in [3.8, 4) is 0 Å². The lowest BCUT2D eigenvalue weighted by molar-refractivity contribution is 0.585. The highest BCUT2D eigenvalue weighted by Gasteiger charge is 2.43. The van der Waals surface area contributed by atoms with E-state index in [9.17, 15) is 0 Å². The van der Waals surface area contributed by atoms with E-state index in [4.69, 9.17) is 0 Å². The lowest BCUT2D eigenvalue weighted by Crippen LogP contribution is -2.19. The van der Waals surface area contributed by atoms with Gasteiger partial charge in [-0.15, -0.1) is 0 Å². The van der Waals surface area contributed by atoms with Crippen LogP contribution in [0.4, 0.5) is 5.69 Å². The van der Waals surface area contributed by atoms with Gasteiger partial charge in [0.05, 0.1) is 6.04 Å². The van der Waals surface area contributed by atoms with Gasteiger partial charge in [0.2, 0.25) is 0 Å². The molecule has 2 aromatic carbocycles. The van der Waals surface area contributed by atoms with E-state index in [-0.39, 0.29) is 5.41 Å². The summed E-state index contributed by atoms with van der Waals surface area (Å²) in [5, 5.41) is 0. The fraction of sp³-hybridized carbons (Fsp3) is 0.400. The van der Waals surface area contributed by atoms with Crippen molar-refractivity contribution in [3.63, 3.8) is 0 Å². The smallest absolute Gasteiger partial charge is 0.0614 e. The van der Waals surface area contributed by atoms with Crippen LogP contribution < -0.4 is 4.90 Å². The molecule has 2 aliphatic rings. The van der Waals surface area contributed by atoms with Gasteiger partial charge >= 0.3 is 0 Å². The van der Waals surface area contributed by atoms with Crippen LogP contribution in [-0.2, 0) is 11.8 Å². The molecular weight excluding hydrogens is 254 g/mol. The van der Waals surface area contributed by atoms with Crippen LogP contribution in [0.15, 0.2) is 42.5 Å². The number of fused-ring (bicyclic) bond motifs is 5. The van der Waals surface area contributed by atoms with Crippen molar-refractivity contribution in [2.45, 2.75) is 44.6 Å². The van der Waals surface area contributed by atoms with Crippen molar-refractivity contribution in [2.24, 2.45) is 0 Å². The van der Waals surface area contributed by atoms with Gasteiger partial charge in [-0.2, -0.15) is 0 Å². The Hall–Kier alpha value is -1.76. The Kier molecular flexibility index (Phi) is 2.54. The zero-order chi connectivity index (χ0) is 14.8. The lowest BCUT2D eigenvalue weighted by atomic mass is 9.84. The number of rotatable bonds is 0. The van der Waals surface area contributed by atoms with Crippen molar-refractivity contribution < 1.29 is 0 Å². The molecule has 1 aliphatic heterocycles.